The van der Waals surface area contributed by atoms with Crippen molar-refractivity contribution >= 4 is 11.8 Å². The van der Waals surface area contributed by atoms with Gasteiger partial charge in [-0.05, 0) is 23.6 Å². The normalized spacial score (nSPS) is 15.3. The molecule has 4 nitrogen and oxygen atoms in total. The Kier molecular flexibility index (Phi) is 5.52. The summed E-state index contributed by atoms with van der Waals surface area (Å²) in [7, 11) is 0. The molecule has 1 aromatic rings. The van der Waals surface area contributed by atoms with E-state index in [2.05, 4.69) is 0 Å². The number of rotatable bonds is 4. The van der Waals surface area contributed by atoms with Gasteiger partial charge in [-0.3, -0.25) is 9.59 Å². The van der Waals surface area contributed by atoms with E-state index in [0.717, 1.165) is 0 Å². The summed E-state index contributed by atoms with van der Waals surface area (Å²) >= 11 is 0. The molecule has 0 saturated carbocycles. The molecule has 1 aromatic carbocycles. The standard InChI is InChI=1S/C17H23FN2O2/c1-13(2)10-16(21)19-6-8-20(9-7-19)17(22)12-14-4-3-5-15(18)11-14/h3-5,11,13H,6-10,12H2,1-2H3. The number of piperazine rings is 1. The van der Waals surface area contributed by atoms with Gasteiger partial charge in [-0.2, -0.15) is 0 Å². The Morgan fingerprint density at radius 2 is 1.68 bits per heavy atom. The molecule has 0 aliphatic carbocycles. The Hall–Kier alpha value is -1.91. The number of hydrogen-bond acceptors (Lipinski definition) is 2. The molecular weight excluding hydrogens is 283 g/mol. The SMILES string of the molecule is CC(C)CC(=O)N1CCN(C(=O)Cc2cccc(F)c2)CC1. The molecule has 1 aliphatic rings. The molecule has 120 valence electrons. The molecule has 0 bridgehead atoms. The van der Waals surface area contributed by atoms with Crippen LogP contribution in [0.4, 0.5) is 4.39 Å². The molecule has 1 aliphatic heterocycles. The van der Waals surface area contributed by atoms with Crippen LogP contribution in [-0.4, -0.2) is 47.8 Å². The molecule has 1 heterocycles. The predicted molar refractivity (Wildman–Crippen MR) is 82.7 cm³/mol. The Morgan fingerprint density at radius 1 is 1.09 bits per heavy atom. The van der Waals surface area contributed by atoms with E-state index < -0.39 is 0 Å². The van der Waals surface area contributed by atoms with E-state index in [9.17, 15) is 14.0 Å². The highest BCUT2D eigenvalue weighted by molar-refractivity contribution is 5.80. The minimum atomic E-state index is -0.325. The van der Waals surface area contributed by atoms with Crippen molar-refractivity contribution in [1.82, 2.24) is 9.80 Å². The van der Waals surface area contributed by atoms with Gasteiger partial charge in [0.25, 0.3) is 0 Å². The lowest BCUT2D eigenvalue weighted by Gasteiger charge is -2.35. The fourth-order valence-corrected chi connectivity index (χ4v) is 2.62. The molecule has 0 aromatic heterocycles. The zero-order chi connectivity index (χ0) is 16.1. The maximum atomic E-state index is 13.1. The summed E-state index contributed by atoms with van der Waals surface area (Å²) < 4.78 is 13.1. The maximum absolute atomic E-state index is 13.1. The van der Waals surface area contributed by atoms with Crippen LogP contribution >= 0.6 is 0 Å². The first-order chi connectivity index (χ1) is 10.5. The number of amides is 2. The van der Waals surface area contributed by atoms with Crippen LogP contribution < -0.4 is 0 Å². The van der Waals surface area contributed by atoms with E-state index in [4.69, 9.17) is 0 Å². The summed E-state index contributed by atoms with van der Waals surface area (Å²) in [6.07, 6.45) is 0.759. The summed E-state index contributed by atoms with van der Waals surface area (Å²) in [6, 6.07) is 6.12. The summed E-state index contributed by atoms with van der Waals surface area (Å²) in [5.74, 6) is 0.170. The van der Waals surface area contributed by atoms with Crippen LogP contribution in [0.5, 0.6) is 0 Å². The number of nitrogens with zero attached hydrogens (tertiary/aromatic N) is 2. The molecular formula is C17H23FN2O2. The zero-order valence-corrected chi connectivity index (χ0v) is 13.2. The van der Waals surface area contributed by atoms with Crippen molar-refractivity contribution in [2.45, 2.75) is 26.7 Å². The molecule has 0 atom stereocenters. The van der Waals surface area contributed by atoms with Crippen molar-refractivity contribution in [2.24, 2.45) is 5.92 Å². The number of carbonyl (C=O) groups excluding carboxylic acids is 2. The Morgan fingerprint density at radius 3 is 2.23 bits per heavy atom. The highest BCUT2D eigenvalue weighted by atomic mass is 19.1. The highest BCUT2D eigenvalue weighted by Gasteiger charge is 2.24. The van der Waals surface area contributed by atoms with Crippen molar-refractivity contribution in [3.05, 3.63) is 35.6 Å². The van der Waals surface area contributed by atoms with Gasteiger partial charge in [-0.15, -0.1) is 0 Å². The van der Waals surface area contributed by atoms with E-state index in [1.54, 1.807) is 17.0 Å². The average Bonchev–Trinajstić information content (AvgIpc) is 2.46. The Balaban J connectivity index is 1.83. The first-order valence-corrected chi connectivity index (χ1v) is 7.75. The second-order valence-corrected chi connectivity index (χ2v) is 6.17. The van der Waals surface area contributed by atoms with Crippen LogP contribution in [0, 0.1) is 11.7 Å². The van der Waals surface area contributed by atoms with Crippen molar-refractivity contribution in [3.63, 3.8) is 0 Å². The van der Waals surface area contributed by atoms with Gasteiger partial charge in [-0.25, -0.2) is 4.39 Å². The fourth-order valence-electron chi connectivity index (χ4n) is 2.62. The van der Waals surface area contributed by atoms with Gasteiger partial charge in [-0.1, -0.05) is 26.0 Å². The second-order valence-electron chi connectivity index (χ2n) is 6.17. The second kappa shape index (κ2) is 7.38. The maximum Gasteiger partial charge on any atom is 0.227 e. The average molecular weight is 306 g/mol. The minimum absolute atomic E-state index is 0.0124. The van der Waals surface area contributed by atoms with E-state index in [1.165, 1.54) is 12.1 Å². The minimum Gasteiger partial charge on any atom is -0.339 e. The van der Waals surface area contributed by atoms with Gasteiger partial charge in [0.2, 0.25) is 11.8 Å². The third-order valence-corrected chi connectivity index (χ3v) is 3.81. The van der Waals surface area contributed by atoms with Crippen molar-refractivity contribution < 1.29 is 14.0 Å². The van der Waals surface area contributed by atoms with E-state index in [0.29, 0.717) is 44.1 Å². The van der Waals surface area contributed by atoms with Crippen LogP contribution in [0.25, 0.3) is 0 Å². The number of halogens is 1. The molecule has 2 rings (SSSR count). The van der Waals surface area contributed by atoms with Gasteiger partial charge in [0.05, 0.1) is 6.42 Å². The number of carbonyl (C=O) groups is 2. The summed E-state index contributed by atoms with van der Waals surface area (Å²) in [5, 5.41) is 0. The van der Waals surface area contributed by atoms with Gasteiger partial charge < -0.3 is 9.80 Å². The molecule has 0 unspecified atom stereocenters. The first-order valence-electron chi connectivity index (χ1n) is 7.75. The largest absolute Gasteiger partial charge is 0.339 e. The monoisotopic (exact) mass is 306 g/mol. The van der Waals surface area contributed by atoms with Gasteiger partial charge in [0.15, 0.2) is 0 Å². The lowest BCUT2D eigenvalue weighted by molar-refractivity contribution is -0.139. The predicted octanol–water partition coefficient (Wildman–Crippen LogP) is 2.09. The topological polar surface area (TPSA) is 40.6 Å². The van der Waals surface area contributed by atoms with Gasteiger partial charge in [0, 0.05) is 32.6 Å². The van der Waals surface area contributed by atoms with Crippen LogP contribution in [0.1, 0.15) is 25.8 Å². The molecule has 5 heteroatoms. The Bertz CT molecular complexity index is 537. The summed E-state index contributed by atoms with van der Waals surface area (Å²) in [4.78, 5) is 27.8. The van der Waals surface area contributed by atoms with Crippen LogP contribution in [0.3, 0.4) is 0 Å². The van der Waals surface area contributed by atoms with Crippen LogP contribution in [0.15, 0.2) is 24.3 Å². The third-order valence-electron chi connectivity index (χ3n) is 3.81. The molecule has 0 radical (unpaired) electrons. The highest BCUT2D eigenvalue weighted by Crippen LogP contribution is 2.11. The smallest absolute Gasteiger partial charge is 0.227 e. The molecule has 1 saturated heterocycles. The number of hydrogen-bond donors (Lipinski definition) is 0. The zero-order valence-electron chi connectivity index (χ0n) is 13.2. The molecule has 0 N–H and O–H groups in total. The molecule has 1 fully saturated rings. The Labute approximate surface area is 130 Å². The van der Waals surface area contributed by atoms with E-state index >= 15 is 0 Å². The van der Waals surface area contributed by atoms with Crippen molar-refractivity contribution in [1.29, 1.82) is 0 Å². The quantitative estimate of drug-likeness (QED) is 0.854. The van der Waals surface area contributed by atoms with E-state index in [-0.39, 0.29) is 24.1 Å². The fraction of sp³-hybridized carbons (Fsp3) is 0.529. The van der Waals surface area contributed by atoms with Crippen molar-refractivity contribution in [3.8, 4) is 0 Å². The van der Waals surface area contributed by atoms with Gasteiger partial charge in [0.1, 0.15) is 5.82 Å². The lowest BCUT2D eigenvalue weighted by Crippen LogP contribution is -2.51. The van der Waals surface area contributed by atoms with Crippen LogP contribution in [-0.2, 0) is 16.0 Å². The summed E-state index contributed by atoms with van der Waals surface area (Å²) in [6.45, 7) is 6.32. The number of benzene rings is 1. The van der Waals surface area contributed by atoms with Crippen molar-refractivity contribution in [2.75, 3.05) is 26.2 Å². The first kappa shape index (κ1) is 16.5. The lowest BCUT2D eigenvalue weighted by atomic mass is 10.1. The van der Waals surface area contributed by atoms with Gasteiger partial charge >= 0.3 is 0 Å². The molecule has 2 amide bonds. The third kappa shape index (κ3) is 4.55. The van der Waals surface area contributed by atoms with E-state index in [1.807, 2.05) is 18.7 Å². The molecule has 22 heavy (non-hydrogen) atoms. The van der Waals surface area contributed by atoms with Crippen LogP contribution in [0.2, 0.25) is 0 Å². The summed E-state index contributed by atoms with van der Waals surface area (Å²) in [5.41, 5.74) is 0.684. The molecule has 0 spiro atoms.